The summed E-state index contributed by atoms with van der Waals surface area (Å²) < 4.78 is 44.9. The molecule has 3 aromatic rings. The van der Waals surface area contributed by atoms with Crippen LogP contribution in [0.4, 0.5) is 18.0 Å². The Morgan fingerprint density at radius 2 is 1.50 bits per heavy atom. The van der Waals surface area contributed by atoms with Gasteiger partial charge >= 0.3 is 6.09 Å². The van der Waals surface area contributed by atoms with Crippen LogP contribution in [0.25, 0.3) is 11.1 Å². The second kappa shape index (κ2) is 8.20. The fourth-order valence-corrected chi connectivity index (χ4v) is 3.71. The number of aliphatic hydroxyl groups is 1. The molecule has 1 amide bonds. The number of nitrogens with one attached hydrogen (secondary N) is 1. The maximum atomic E-state index is 13.3. The van der Waals surface area contributed by atoms with Crippen molar-refractivity contribution in [2.75, 3.05) is 13.2 Å². The minimum Gasteiger partial charge on any atom is -0.449 e. The average molecular weight is 413 g/mol. The van der Waals surface area contributed by atoms with E-state index in [1.807, 2.05) is 48.5 Å². The first-order valence-corrected chi connectivity index (χ1v) is 9.37. The molecule has 4 rings (SSSR count). The molecule has 1 aliphatic rings. The molecule has 30 heavy (non-hydrogen) atoms. The summed E-state index contributed by atoms with van der Waals surface area (Å²) in [6.07, 6.45) is -2.20. The third-order valence-electron chi connectivity index (χ3n) is 5.17. The number of carbonyl (C=O) groups excluding carboxylic acids is 1. The lowest BCUT2D eigenvalue weighted by atomic mass is 9.98. The summed E-state index contributed by atoms with van der Waals surface area (Å²) in [4.78, 5) is 12.1. The van der Waals surface area contributed by atoms with Crippen LogP contribution in [0.5, 0.6) is 0 Å². The smallest absolute Gasteiger partial charge is 0.407 e. The monoisotopic (exact) mass is 413 g/mol. The van der Waals surface area contributed by atoms with Crippen molar-refractivity contribution in [1.82, 2.24) is 5.32 Å². The standard InChI is InChI=1S/C23H18F3NO3/c24-19-9-13(10-20(25)22(19)26)21(28)11-27-23(29)30-12-18-16-7-3-1-5-14(16)15-6-2-4-8-17(15)18/h1-10,18,21,28H,11-12H2,(H,27,29). The molecule has 0 heterocycles. The predicted octanol–water partition coefficient (Wildman–Crippen LogP) is 4.68. The molecule has 1 aliphatic carbocycles. The number of carbonyl (C=O) groups is 1. The lowest BCUT2D eigenvalue weighted by Crippen LogP contribution is -2.30. The van der Waals surface area contributed by atoms with Gasteiger partial charge in [-0.2, -0.15) is 0 Å². The zero-order chi connectivity index (χ0) is 21.3. The molecule has 1 unspecified atom stereocenters. The van der Waals surface area contributed by atoms with Gasteiger partial charge in [-0.15, -0.1) is 0 Å². The van der Waals surface area contributed by atoms with E-state index in [1.165, 1.54) is 0 Å². The quantitative estimate of drug-likeness (QED) is 0.598. The SMILES string of the molecule is O=C(NCC(O)c1cc(F)c(F)c(F)c1)OCC1c2ccccc2-c2ccccc21. The lowest BCUT2D eigenvalue weighted by molar-refractivity contribution is 0.128. The van der Waals surface area contributed by atoms with Gasteiger partial charge in [0.1, 0.15) is 6.61 Å². The molecule has 0 radical (unpaired) electrons. The Bertz CT molecular complexity index is 1030. The second-order valence-corrected chi connectivity index (χ2v) is 7.02. The molecule has 7 heteroatoms. The molecule has 0 aliphatic heterocycles. The number of amides is 1. The fourth-order valence-electron chi connectivity index (χ4n) is 3.71. The van der Waals surface area contributed by atoms with Crippen molar-refractivity contribution in [3.63, 3.8) is 0 Å². The zero-order valence-corrected chi connectivity index (χ0v) is 15.7. The van der Waals surface area contributed by atoms with Crippen LogP contribution in [0.1, 0.15) is 28.7 Å². The van der Waals surface area contributed by atoms with Gasteiger partial charge < -0.3 is 15.2 Å². The van der Waals surface area contributed by atoms with E-state index in [2.05, 4.69) is 5.32 Å². The molecule has 0 fully saturated rings. The van der Waals surface area contributed by atoms with Crippen LogP contribution in [0.2, 0.25) is 0 Å². The average Bonchev–Trinajstić information content (AvgIpc) is 3.07. The minimum absolute atomic E-state index is 0.0930. The summed E-state index contributed by atoms with van der Waals surface area (Å²) in [7, 11) is 0. The van der Waals surface area contributed by atoms with Crippen LogP contribution in [0, 0.1) is 17.5 Å². The maximum Gasteiger partial charge on any atom is 0.407 e. The molecule has 0 aromatic heterocycles. The van der Waals surface area contributed by atoms with Crippen molar-refractivity contribution in [3.8, 4) is 11.1 Å². The van der Waals surface area contributed by atoms with E-state index < -0.39 is 29.6 Å². The first-order valence-electron chi connectivity index (χ1n) is 9.37. The van der Waals surface area contributed by atoms with Crippen molar-refractivity contribution in [1.29, 1.82) is 0 Å². The van der Waals surface area contributed by atoms with Crippen LogP contribution in [-0.4, -0.2) is 24.4 Å². The molecule has 1 atom stereocenters. The summed E-state index contributed by atoms with van der Waals surface area (Å²) in [6.45, 7) is -0.253. The van der Waals surface area contributed by atoms with Gasteiger partial charge in [-0.25, -0.2) is 18.0 Å². The highest BCUT2D eigenvalue weighted by atomic mass is 19.2. The number of hydrogen-bond donors (Lipinski definition) is 2. The van der Waals surface area contributed by atoms with Gasteiger partial charge in [0.05, 0.1) is 12.6 Å². The van der Waals surface area contributed by atoms with Gasteiger partial charge in [-0.05, 0) is 39.9 Å². The number of alkyl carbamates (subject to hydrolysis) is 1. The Labute approximate surface area is 170 Å². The Morgan fingerprint density at radius 3 is 2.07 bits per heavy atom. The van der Waals surface area contributed by atoms with E-state index in [0.717, 1.165) is 22.3 Å². The molecule has 3 aromatic carbocycles. The number of fused-ring (bicyclic) bond motifs is 3. The van der Waals surface area contributed by atoms with Crippen LogP contribution < -0.4 is 5.32 Å². The Hall–Kier alpha value is -3.32. The van der Waals surface area contributed by atoms with Crippen LogP contribution in [-0.2, 0) is 4.74 Å². The van der Waals surface area contributed by atoms with E-state index >= 15 is 0 Å². The van der Waals surface area contributed by atoms with E-state index in [0.29, 0.717) is 12.1 Å². The third kappa shape index (κ3) is 3.76. The molecule has 0 spiro atoms. The van der Waals surface area contributed by atoms with Gasteiger partial charge in [-0.3, -0.25) is 0 Å². The topological polar surface area (TPSA) is 58.6 Å². The Morgan fingerprint density at radius 1 is 0.967 bits per heavy atom. The highest BCUT2D eigenvalue weighted by molar-refractivity contribution is 5.79. The molecule has 0 saturated carbocycles. The molecular formula is C23H18F3NO3. The molecule has 0 bridgehead atoms. The number of ether oxygens (including phenoxy) is 1. The lowest BCUT2D eigenvalue weighted by Gasteiger charge is -2.16. The minimum atomic E-state index is -1.62. The summed E-state index contributed by atoms with van der Waals surface area (Å²) in [5.74, 6) is -4.56. The van der Waals surface area contributed by atoms with Crippen LogP contribution >= 0.6 is 0 Å². The zero-order valence-electron chi connectivity index (χ0n) is 15.7. The predicted molar refractivity (Wildman–Crippen MR) is 104 cm³/mol. The van der Waals surface area contributed by atoms with Gasteiger partial charge in [0, 0.05) is 5.92 Å². The second-order valence-electron chi connectivity index (χ2n) is 7.02. The Balaban J connectivity index is 1.38. The van der Waals surface area contributed by atoms with Gasteiger partial charge in [-0.1, -0.05) is 48.5 Å². The van der Waals surface area contributed by atoms with Crippen molar-refractivity contribution >= 4 is 6.09 Å². The van der Waals surface area contributed by atoms with Crippen LogP contribution in [0.15, 0.2) is 60.7 Å². The normalized spacial score (nSPS) is 13.5. The Kier molecular flexibility index (Phi) is 5.46. The highest BCUT2D eigenvalue weighted by Crippen LogP contribution is 2.44. The highest BCUT2D eigenvalue weighted by Gasteiger charge is 2.29. The summed E-state index contributed by atoms with van der Waals surface area (Å²) in [6, 6.07) is 17.1. The van der Waals surface area contributed by atoms with Gasteiger partial charge in [0.25, 0.3) is 0 Å². The largest absolute Gasteiger partial charge is 0.449 e. The number of aliphatic hydroxyl groups excluding tert-OH is 1. The van der Waals surface area contributed by atoms with Gasteiger partial charge in [0.2, 0.25) is 0 Å². The first kappa shape index (κ1) is 20.0. The van der Waals surface area contributed by atoms with E-state index in [4.69, 9.17) is 4.74 Å². The maximum absolute atomic E-state index is 13.3. The molecule has 4 nitrogen and oxygen atoms in total. The molecular weight excluding hydrogens is 395 g/mol. The number of halogens is 3. The molecule has 154 valence electrons. The summed E-state index contributed by atoms with van der Waals surface area (Å²) in [5, 5.41) is 12.4. The van der Waals surface area contributed by atoms with E-state index in [-0.39, 0.29) is 24.6 Å². The van der Waals surface area contributed by atoms with Gasteiger partial charge in [0.15, 0.2) is 17.5 Å². The third-order valence-corrected chi connectivity index (χ3v) is 5.17. The first-order chi connectivity index (χ1) is 14.5. The van der Waals surface area contributed by atoms with Crippen molar-refractivity contribution in [2.45, 2.75) is 12.0 Å². The summed E-state index contributed by atoms with van der Waals surface area (Å²) >= 11 is 0. The van der Waals surface area contributed by atoms with Crippen molar-refractivity contribution < 1.29 is 27.8 Å². The number of rotatable bonds is 5. The van der Waals surface area contributed by atoms with Crippen molar-refractivity contribution in [3.05, 3.63) is 94.8 Å². The fraction of sp³-hybridized carbons (Fsp3) is 0.174. The van der Waals surface area contributed by atoms with Crippen LogP contribution in [0.3, 0.4) is 0 Å². The van der Waals surface area contributed by atoms with E-state index in [1.54, 1.807) is 0 Å². The number of benzene rings is 3. The summed E-state index contributed by atoms with van der Waals surface area (Å²) in [5.41, 5.74) is 4.12. The number of hydrogen-bond acceptors (Lipinski definition) is 3. The van der Waals surface area contributed by atoms with E-state index in [9.17, 15) is 23.1 Å². The molecule has 2 N–H and O–H groups in total. The molecule has 0 saturated heterocycles. The van der Waals surface area contributed by atoms with Crippen molar-refractivity contribution in [2.24, 2.45) is 0 Å².